The number of para-hydroxylation sites is 1. The summed E-state index contributed by atoms with van der Waals surface area (Å²) >= 11 is 1.56. The van der Waals surface area contributed by atoms with Crippen LogP contribution in [0, 0.1) is 13.8 Å². The van der Waals surface area contributed by atoms with Crippen molar-refractivity contribution >= 4 is 34.7 Å². The first-order valence-electron chi connectivity index (χ1n) is 8.02. The van der Waals surface area contributed by atoms with Crippen LogP contribution in [0.4, 0.5) is 5.69 Å². The fourth-order valence-corrected chi connectivity index (χ4v) is 3.28. The van der Waals surface area contributed by atoms with E-state index in [4.69, 9.17) is 4.74 Å². The van der Waals surface area contributed by atoms with E-state index in [1.807, 2.05) is 26.0 Å². The van der Waals surface area contributed by atoms with Gasteiger partial charge in [0, 0.05) is 27.4 Å². The van der Waals surface area contributed by atoms with E-state index in [0.717, 1.165) is 9.75 Å². The molecule has 5 nitrogen and oxygen atoms in total. The van der Waals surface area contributed by atoms with Gasteiger partial charge in [-0.1, -0.05) is 18.2 Å². The van der Waals surface area contributed by atoms with Crippen LogP contribution >= 0.6 is 11.3 Å². The van der Waals surface area contributed by atoms with Crippen LogP contribution in [-0.4, -0.2) is 23.8 Å². The summed E-state index contributed by atoms with van der Waals surface area (Å²) in [6.45, 7) is 5.33. The number of hydrogen-bond donors (Lipinski definition) is 1. The number of benzene rings is 1. The fraction of sp³-hybridized carbons (Fsp3) is 0.316. The maximum Gasteiger partial charge on any atom is 0.307 e. The Hall–Kier alpha value is -2.47. The highest BCUT2D eigenvalue weighted by atomic mass is 32.1. The van der Waals surface area contributed by atoms with E-state index in [-0.39, 0.29) is 18.6 Å². The third-order valence-corrected chi connectivity index (χ3v) is 4.58. The number of Topliss-reactive ketones (excluding diaryl/α,β-unsaturated/α-hetero) is 1. The van der Waals surface area contributed by atoms with Gasteiger partial charge in [-0.15, -0.1) is 11.3 Å². The van der Waals surface area contributed by atoms with Crippen molar-refractivity contribution in [2.75, 3.05) is 5.32 Å². The largest absolute Gasteiger partial charge is 0.453 e. The van der Waals surface area contributed by atoms with Crippen molar-refractivity contribution in [1.82, 2.24) is 0 Å². The highest BCUT2D eigenvalue weighted by Crippen LogP contribution is 2.22. The van der Waals surface area contributed by atoms with Crippen LogP contribution in [0.1, 0.15) is 39.9 Å². The molecular weight excluding hydrogens is 338 g/mol. The van der Waals surface area contributed by atoms with Gasteiger partial charge in [-0.2, -0.15) is 0 Å². The van der Waals surface area contributed by atoms with E-state index in [1.54, 1.807) is 35.6 Å². The van der Waals surface area contributed by atoms with Crippen molar-refractivity contribution in [3.8, 4) is 0 Å². The predicted molar refractivity (Wildman–Crippen MR) is 98.0 cm³/mol. The van der Waals surface area contributed by atoms with Gasteiger partial charge in [0.15, 0.2) is 11.9 Å². The van der Waals surface area contributed by atoms with E-state index in [1.165, 1.54) is 6.92 Å². The van der Waals surface area contributed by atoms with Gasteiger partial charge >= 0.3 is 5.97 Å². The quantitative estimate of drug-likeness (QED) is 0.601. The van der Waals surface area contributed by atoms with Gasteiger partial charge in [-0.25, -0.2) is 0 Å². The van der Waals surface area contributed by atoms with Crippen LogP contribution in [0.3, 0.4) is 0 Å². The molecular formula is C19H21NO4S. The van der Waals surface area contributed by atoms with Crippen LogP contribution < -0.4 is 5.32 Å². The minimum Gasteiger partial charge on any atom is -0.453 e. The molecule has 0 saturated heterocycles. The third kappa shape index (κ3) is 5.53. The Labute approximate surface area is 151 Å². The Bertz CT molecular complexity index is 767. The molecule has 1 amide bonds. The lowest BCUT2D eigenvalue weighted by Crippen LogP contribution is -2.30. The van der Waals surface area contributed by atoms with E-state index < -0.39 is 18.0 Å². The van der Waals surface area contributed by atoms with Gasteiger partial charge in [0.2, 0.25) is 0 Å². The molecule has 25 heavy (non-hydrogen) atoms. The minimum absolute atomic E-state index is 0.0455. The maximum atomic E-state index is 12.2. The number of esters is 1. The van der Waals surface area contributed by atoms with Crippen molar-refractivity contribution in [2.45, 2.75) is 39.7 Å². The second-order valence-corrected chi connectivity index (χ2v) is 7.20. The molecule has 1 heterocycles. The number of carbonyl (C=O) groups excluding carboxylic acids is 3. The van der Waals surface area contributed by atoms with Crippen LogP contribution in [0.2, 0.25) is 0 Å². The van der Waals surface area contributed by atoms with E-state index in [2.05, 4.69) is 5.32 Å². The molecule has 0 bridgehead atoms. The van der Waals surface area contributed by atoms with Gasteiger partial charge in [0.1, 0.15) is 0 Å². The Kier molecular flexibility index (Phi) is 6.47. The minimum atomic E-state index is -0.923. The normalized spacial score (nSPS) is 11.6. The standard InChI is InChI=1S/C19H21NO4S/c1-12-11-16(14(3)25-12)17(21)9-10-18(22)24-13(2)19(23)20-15-7-5-4-6-8-15/h4-8,11,13H,9-10H2,1-3H3,(H,20,23)/t13-/m1/s1. The lowest BCUT2D eigenvalue weighted by atomic mass is 10.1. The van der Waals surface area contributed by atoms with Gasteiger partial charge in [-0.3, -0.25) is 14.4 Å². The second kappa shape index (κ2) is 8.58. The van der Waals surface area contributed by atoms with Gasteiger partial charge in [0.05, 0.1) is 6.42 Å². The van der Waals surface area contributed by atoms with Crippen molar-refractivity contribution in [2.24, 2.45) is 0 Å². The zero-order chi connectivity index (χ0) is 18.4. The molecule has 0 aliphatic rings. The Morgan fingerprint density at radius 2 is 1.80 bits per heavy atom. The number of thiophene rings is 1. The molecule has 2 aromatic rings. The Morgan fingerprint density at radius 3 is 2.40 bits per heavy atom. The number of anilines is 1. The number of amides is 1. The summed E-state index contributed by atoms with van der Waals surface area (Å²) in [5.41, 5.74) is 1.29. The maximum absolute atomic E-state index is 12.2. The summed E-state index contributed by atoms with van der Waals surface area (Å²) in [7, 11) is 0. The number of nitrogens with one attached hydrogen (secondary N) is 1. The van der Waals surface area contributed by atoms with Crippen LogP contribution in [0.15, 0.2) is 36.4 Å². The summed E-state index contributed by atoms with van der Waals surface area (Å²) in [4.78, 5) is 38.1. The van der Waals surface area contributed by atoms with E-state index >= 15 is 0 Å². The van der Waals surface area contributed by atoms with Gasteiger partial charge in [0.25, 0.3) is 5.91 Å². The SMILES string of the molecule is Cc1cc(C(=O)CCC(=O)O[C@H](C)C(=O)Nc2ccccc2)c(C)s1. The molecule has 0 saturated carbocycles. The molecule has 2 rings (SSSR count). The highest BCUT2D eigenvalue weighted by molar-refractivity contribution is 7.12. The molecule has 0 spiro atoms. The van der Waals surface area contributed by atoms with Crippen molar-refractivity contribution in [1.29, 1.82) is 0 Å². The van der Waals surface area contributed by atoms with E-state index in [0.29, 0.717) is 11.3 Å². The summed E-state index contributed by atoms with van der Waals surface area (Å²) in [6, 6.07) is 10.8. The number of ether oxygens (including phenoxy) is 1. The molecule has 6 heteroatoms. The predicted octanol–water partition coefficient (Wildman–Crippen LogP) is 3.90. The number of hydrogen-bond acceptors (Lipinski definition) is 5. The van der Waals surface area contributed by atoms with Crippen molar-refractivity contribution in [3.63, 3.8) is 0 Å². The molecule has 1 atom stereocenters. The smallest absolute Gasteiger partial charge is 0.307 e. The van der Waals surface area contributed by atoms with E-state index in [9.17, 15) is 14.4 Å². The molecule has 0 fully saturated rings. The zero-order valence-electron chi connectivity index (χ0n) is 14.5. The first-order chi connectivity index (χ1) is 11.9. The van der Waals surface area contributed by atoms with Gasteiger partial charge < -0.3 is 10.1 Å². The summed E-state index contributed by atoms with van der Waals surface area (Å²) < 4.78 is 5.11. The monoisotopic (exact) mass is 359 g/mol. The molecule has 1 N–H and O–H groups in total. The molecule has 132 valence electrons. The molecule has 0 unspecified atom stereocenters. The number of aryl methyl sites for hydroxylation is 2. The van der Waals surface area contributed by atoms with Crippen LogP contribution in [0.5, 0.6) is 0 Å². The fourth-order valence-electron chi connectivity index (χ4n) is 2.33. The summed E-state index contributed by atoms with van der Waals surface area (Å²) in [6.07, 6.45) is -0.896. The Morgan fingerprint density at radius 1 is 1.12 bits per heavy atom. The van der Waals surface area contributed by atoms with Crippen molar-refractivity contribution in [3.05, 3.63) is 51.7 Å². The lowest BCUT2D eigenvalue weighted by molar-refractivity contribution is -0.153. The molecule has 0 aliphatic heterocycles. The molecule has 0 aliphatic carbocycles. The molecule has 1 aromatic heterocycles. The topological polar surface area (TPSA) is 72.5 Å². The summed E-state index contributed by atoms with van der Waals surface area (Å²) in [5.74, 6) is -1.05. The number of carbonyl (C=O) groups is 3. The molecule has 0 radical (unpaired) electrons. The average molecular weight is 359 g/mol. The zero-order valence-corrected chi connectivity index (χ0v) is 15.3. The number of ketones is 1. The first kappa shape index (κ1) is 18.9. The second-order valence-electron chi connectivity index (χ2n) is 5.74. The Balaban J connectivity index is 1.80. The van der Waals surface area contributed by atoms with Crippen LogP contribution in [-0.2, 0) is 14.3 Å². The van der Waals surface area contributed by atoms with Gasteiger partial charge in [-0.05, 0) is 39.0 Å². The average Bonchev–Trinajstić information content (AvgIpc) is 2.92. The molecule has 1 aromatic carbocycles. The first-order valence-corrected chi connectivity index (χ1v) is 8.84. The lowest BCUT2D eigenvalue weighted by Gasteiger charge is -2.13. The summed E-state index contributed by atoms with van der Waals surface area (Å²) in [5, 5.41) is 2.67. The van der Waals surface area contributed by atoms with Crippen LogP contribution in [0.25, 0.3) is 0 Å². The highest BCUT2D eigenvalue weighted by Gasteiger charge is 2.19. The van der Waals surface area contributed by atoms with Crippen molar-refractivity contribution < 1.29 is 19.1 Å². The number of rotatable bonds is 7. The third-order valence-electron chi connectivity index (χ3n) is 3.62.